The Balaban J connectivity index is 1.94. The number of carbonyl (C=O) groups excluding carboxylic acids is 1. The molecule has 0 aromatic heterocycles. The number of carbonyl (C=O) groups is 1. The predicted octanol–water partition coefficient (Wildman–Crippen LogP) is 3.53. The van der Waals surface area contributed by atoms with Gasteiger partial charge in [0.15, 0.2) is 5.11 Å². The van der Waals surface area contributed by atoms with Gasteiger partial charge in [0.1, 0.15) is 0 Å². The lowest BCUT2D eigenvalue weighted by molar-refractivity contribution is -0.384. The molecule has 0 aliphatic rings. The van der Waals surface area contributed by atoms with Crippen molar-refractivity contribution in [3.63, 3.8) is 0 Å². The maximum absolute atomic E-state index is 12.0. The quantitative estimate of drug-likeness (QED) is 0.425. The van der Waals surface area contributed by atoms with Gasteiger partial charge < -0.3 is 5.32 Å². The van der Waals surface area contributed by atoms with Crippen LogP contribution in [0.3, 0.4) is 0 Å². The van der Waals surface area contributed by atoms with E-state index in [2.05, 4.69) is 16.2 Å². The number of amides is 1. The van der Waals surface area contributed by atoms with Crippen LogP contribution in [0, 0.1) is 10.1 Å². The molecule has 0 unspecified atom stereocenters. The second-order valence-corrected chi connectivity index (χ2v) is 5.71. The van der Waals surface area contributed by atoms with Gasteiger partial charge in [-0.2, -0.15) is 0 Å². The summed E-state index contributed by atoms with van der Waals surface area (Å²) in [6, 6.07) is 10.3. The molecule has 2 rings (SSSR count). The van der Waals surface area contributed by atoms with Crippen molar-refractivity contribution in [2.45, 2.75) is 0 Å². The molecule has 0 aliphatic heterocycles. The zero-order chi connectivity index (χ0) is 17.7. The summed E-state index contributed by atoms with van der Waals surface area (Å²) in [6.45, 7) is 0. The minimum Gasteiger partial charge on any atom is -0.331 e. The van der Waals surface area contributed by atoms with Crippen LogP contribution in [0.4, 0.5) is 11.4 Å². The summed E-state index contributed by atoms with van der Waals surface area (Å²) in [5, 5.41) is 14.2. The molecule has 0 saturated carbocycles. The molecule has 0 atom stereocenters. The lowest BCUT2D eigenvalue weighted by atomic mass is 10.2. The van der Waals surface area contributed by atoms with Crippen molar-refractivity contribution in [1.29, 1.82) is 0 Å². The van der Waals surface area contributed by atoms with Crippen LogP contribution in [-0.2, 0) is 0 Å². The number of hydrogen-bond acceptors (Lipinski definition) is 4. The van der Waals surface area contributed by atoms with Gasteiger partial charge in [0.25, 0.3) is 11.6 Å². The lowest BCUT2D eigenvalue weighted by Gasteiger charge is -2.12. The Morgan fingerprint density at radius 1 is 1.08 bits per heavy atom. The summed E-state index contributed by atoms with van der Waals surface area (Å²) in [7, 11) is 0. The highest BCUT2D eigenvalue weighted by molar-refractivity contribution is 7.80. The van der Waals surface area contributed by atoms with E-state index in [0.717, 1.165) is 6.07 Å². The van der Waals surface area contributed by atoms with E-state index in [0.29, 0.717) is 10.7 Å². The summed E-state index contributed by atoms with van der Waals surface area (Å²) >= 11 is 16.7. The van der Waals surface area contributed by atoms with E-state index >= 15 is 0 Å². The Labute approximate surface area is 152 Å². The van der Waals surface area contributed by atoms with E-state index in [1.165, 1.54) is 12.1 Å². The van der Waals surface area contributed by atoms with Crippen molar-refractivity contribution in [3.05, 3.63) is 68.2 Å². The van der Waals surface area contributed by atoms with Crippen molar-refractivity contribution in [2.24, 2.45) is 0 Å². The first kappa shape index (κ1) is 17.9. The van der Waals surface area contributed by atoms with E-state index in [1.54, 1.807) is 24.3 Å². The van der Waals surface area contributed by atoms with Gasteiger partial charge in [0.05, 0.1) is 15.5 Å². The summed E-state index contributed by atoms with van der Waals surface area (Å²) in [5.74, 6) is -0.588. The van der Waals surface area contributed by atoms with Crippen LogP contribution >= 0.6 is 35.4 Å². The molecule has 0 radical (unpaired) electrons. The van der Waals surface area contributed by atoms with Crippen LogP contribution < -0.4 is 16.2 Å². The van der Waals surface area contributed by atoms with Crippen LogP contribution in [0.15, 0.2) is 42.5 Å². The minimum atomic E-state index is -0.600. The van der Waals surface area contributed by atoms with Crippen LogP contribution in [0.25, 0.3) is 0 Å². The predicted molar refractivity (Wildman–Crippen MR) is 96.4 cm³/mol. The van der Waals surface area contributed by atoms with Crippen LogP contribution in [0.1, 0.15) is 10.4 Å². The van der Waals surface area contributed by atoms with Gasteiger partial charge in [-0.05, 0) is 42.5 Å². The third-order valence-electron chi connectivity index (χ3n) is 2.80. The molecule has 0 saturated heterocycles. The van der Waals surface area contributed by atoms with Crippen LogP contribution in [-0.4, -0.2) is 15.9 Å². The number of anilines is 1. The second kappa shape index (κ2) is 7.91. The first-order chi connectivity index (χ1) is 11.4. The Morgan fingerprint density at radius 3 is 2.33 bits per heavy atom. The number of benzene rings is 2. The number of nitro benzene ring substituents is 1. The third-order valence-corrected chi connectivity index (χ3v) is 3.57. The average Bonchev–Trinajstić information content (AvgIpc) is 2.54. The van der Waals surface area contributed by atoms with Gasteiger partial charge in [-0.15, -0.1) is 0 Å². The topological polar surface area (TPSA) is 96.3 Å². The molecular weight excluding hydrogens is 375 g/mol. The molecular formula is C14H10Cl2N4O3S. The number of thiocarbonyl (C=S) groups is 1. The highest BCUT2D eigenvalue weighted by atomic mass is 35.5. The number of hydrazine groups is 1. The SMILES string of the molecule is O=C(NNC(=S)Nc1ccc(Cl)cc1)c1ccc([N+](=O)[O-])cc1Cl. The number of rotatable bonds is 3. The molecule has 0 heterocycles. The number of nitrogens with zero attached hydrogens (tertiary/aromatic N) is 1. The van der Waals surface area contributed by atoms with E-state index < -0.39 is 10.8 Å². The fourth-order valence-electron chi connectivity index (χ4n) is 1.68. The second-order valence-electron chi connectivity index (χ2n) is 4.46. The maximum atomic E-state index is 12.0. The highest BCUT2D eigenvalue weighted by Gasteiger charge is 2.15. The summed E-state index contributed by atoms with van der Waals surface area (Å²) in [4.78, 5) is 22.1. The maximum Gasteiger partial charge on any atom is 0.271 e. The Bertz CT molecular complexity index is 799. The molecule has 7 nitrogen and oxygen atoms in total. The smallest absolute Gasteiger partial charge is 0.271 e. The van der Waals surface area contributed by atoms with E-state index in [1.807, 2.05) is 0 Å². The number of hydrogen-bond donors (Lipinski definition) is 3. The standard InChI is InChI=1S/C14H10Cl2N4O3S/c15-8-1-3-9(4-2-8)17-14(24)19-18-13(21)11-6-5-10(20(22)23)7-12(11)16/h1-7H,(H,18,21)(H2,17,19,24). The summed E-state index contributed by atoms with van der Waals surface area (Å²) < 4.78 is 0. The Morgan fingerprint density at radius 2 is 1.75 bits per heavy atom. The Hall–Kier alpha value is -2.42. The fraction of sp³-hybridized carbons (Fsp3) is 0. The van der Waals surface area contributed by atoms with E-state index in [-0.39, 0.29) is 21.4 Å². The van der Waals surface area contributed by atoms with Gasteiger partial charge in [-0.3, -0.25) is 25.8 Å². The van der Waals surface area contributed by atoms with Crippen molar-refractivity contribution in [1.82, 2.24) is 10.9 Å². The number of nitro groups is 1. The van der Waals surface area contributed by atoms with Gasteiger partial charge in [-0.25, -0.2) is 0 Å². The molecule has 0 spiro atoms. The first-order valence-electron chi connectivity index (χ1n) is 6.43. The third kappa shape index (κ3) is 4.79. The van der Waals surface area contributed by atoms with Crippen molar-refractivity contribution >= 4 is 57.8 Å². The van der Waals surface area contributed by atoms with Crippen LogP contribution in [0.2, 0.25) is 10.0 Å². The molecule has 2 aromatic carbocycles. The van der Waals surface area contributed by atoms with Gasteiger partial charge in [0, 0.05) is 22.8 Å². The number of non-ortho nitro benzene ring substituents is 1. The molecule has 10 heteroatoms. The minimum absolute atomic E-state index is 0.0416. The van der Waals surface area contributed by atoms with Crippen molar-refractivity contribution in [2.75, 3.05) is 5.32 Å². The summed E-state index contributed by atoms with van der Waals surface area (Å²) in [5.41, 5.74) is 5.40. The molecule has 1 amide bonds. The molecule has 0 aliphatic carbocycles. The van der Waals surface area contributed by atoms with Crippen LogP contribution in [0.5, 0.6) is 0 Å². The molecule has 124 valence electrons. The molecule has 24 heavy (non-hydrogen) atoms. The fourth-order valence-corrected chi connectivity index (χ4v) is 2.23. The number of nitrogens with one attached hydrogen (secondary N) is 3. The molecule has 2 aromatic rings. The normalized spacial score (nSPS) is 9.92. The van der Waals surface area contributed by atoms with E-state index in [4.69, 9.17) is 35.4 Å². The largest absolute Gasteiger partial charge is 0.331 e. The lowest BCUT2D eigenvalue weighted by Crippen LogP contribution is -2.43. The van der Waals surface area contributed by atoms with Crippen molar-refractivity contribution in [3.8, 4) is 0 Å². The monoisotopic (exact) mass is 384 g/mol. The van der Waals surface area contributed by atoms with Gasteiger partial charge in [0.2, 0.25) is 0 Å². The molecule has 3 N–H and O–H groups in total. The first-order valence-corrected chi connectivity index (χ1v) is 7.60. The van der Waals surface area contributed by atoms with Gasteiger partial charge in [-0.1, -0.05) is 23.2 Å². The zero-order valence-electron chi connectivity index (χ0n) is 11.9. The van der Waals surface area contributed by atoms with E-state index in [9.17, 15) is 14.9 Å². The highest BCUT2D eigenvalue weighted by Crippen LogP contribution is 2.22. The molecule has 0 fully saturated rings. The average molecular weight is 385 g/mol. The number of halogens is 2. The van der Waals surface area contributed by atoms with Gasteiger partial charge >= 0.3 is 0 Å². The summed E-state index contributed by atoms with van der Waals surface area (Å²) in [6.07, 6.45) is 0. The van der Waals surface area contributed by atoms with Crippen molar-refractivity contribution < 1.29 is 9.72 Å². The molecule has 0 bridgehead atoms. The Kier molecular flexibility index (Phi) is 5.91. The zero-order valence-corrected chi connectivity index (χ0v) is 14.2.